The van der Waals surface area contributed by atoms with Crippen LogP contribution >= 0.6 is 0 Å². The molecule has 0 radical (unpaired) electrons. The number of nitrogens with one attached hydrogen (secondary N) is 1. The molecule has 0 bridgehead atoms. The summed E-state index contributed by atoms with van der Waals surface area (Å²) in [5, 5.41) is 2.63. The Bertz CT molecular complexity index is 1670. The number of benzene rings is 4. The summed E-state index contributed by atoms with van der Waals surface area (Å²) in [6.07, 6.45) is 0.162. The maximum atomic E-state index is 14.3. The number of amides is 2. The lowest BCUT2D eigenvalue weighted by Crippen LogP contribution is -2.53. The molecule has 44 heavy (non-hydrogen) atoms. The zero-order valence-electron chi connectivity index (χ0n) is 24.6. The maximum Gasteiger partial charge on any atom is 0.264 e. The number of carbonyl (C=O) groups is 2. The highest BCUT2D eigenvalue weighted by molar-refractivity contribution is 7.92. The fraction of sp³-hybridized carbons (Fsp3) is 0.212. The van der Waals surface area contributed by atoms with Crippen molar-refractivity contribution in [3.8, 4) is 11.5 Å². The predicted octanol–water partition coefficient (Wildman–Crippen LogP) is 4.42. The Morgan fingerprint density at radius 3 is 2.02 bits per heavy atom. The van der Waals surface area contributed by atoms with Crippen molar-refractivity contribution in [1.82, 2.24) is 10.2 Å². The monoisotopic (exact) mass is 619 g/mol. The molecular weight excluding hydrogens is 585 g/mol. The van der Waals surface area contributed by atoms with E-state index in [1.807, 2.05) is 30.3 Å². The van der Waals surface area contributed by atoms with Gasteiger partial charge in [0.1, 0.15) is 18.4 Å². The predicted molar refractivity (Wildman–Crippen MR) is 165 cm³/mol. The van der Waals surface area contributed by atoms with Crippen LogP contribution in [0.25, 0.3) is 0 Å². The van der Waals surface area contributed by atoms with E-state index >= 15 is 0 Å². The van der Waals surface area contributed by atoms with E-state index < -0.39 is 40.2 Å². The van der Waals surface area contributed by atoms with Gasteiger partial charge in [0.05, 0.1) is 24.8 Å². The maximum absolute atomic E-state index is 14.3. The number of anilines is 1. The second-order valence-electron chi connectivity index (χ2n) is 9.83. The fourth-order valence-electron chi connectivity index (χ4n) is 4.74. The highest BCUT2D eigenvalue weighted by Gasteiger charge is 2.34. The highest BCUT2D eigenvalue weighted by atomic mass is 32.2. The van der Waals surface area contributed by atoms with Crippen LogP contribution in [0.5, 0.6) is 11.5 Å². The second-order valence-corrected chi connectivity index (χ2v) is 11.7. The van der Waals surface area contributed by atoms with E-state index in [2.05, 4.69) is 5.32 Å². The van der Waals surface area contributed by atoms with E-state index in [0.717, 1.165) is 9.87 Å². The number of nitrogens with zero attached hydrogens (tertiary/aromatic N) is 2. The molecule has 0 aliphatic heterocycles. The third-order valence-electron chi connectivity index (χ3n) is 7.05. The number of halogens is 1. The minimum Gasteiger partial charge on any atom is -0.493 e. The topological polar surface area (TPSA) is 105 Å². The second kappa shape index (κ2) is 14.5. The van der Waals surface area contributed by atoms with Crippen molar-refractivity contribution in [3.63, 3.8) is 0 Å². The summed E-state index contributed by atoms with van der Waals surface area (Å²) >= 11 is 0. The van der Waals surface area contributed by atoms with E-state index in [9.17, 15) is 22.4 Å². The average molecular weight is 620 g/mol. The Morgan fingerprint density at radius 2 is 1.43 bits per heavy atom. The van der Waals surface area contributed by atoms with Gasteiger partial charge in [-0.15, -0.1) is 0 Å². The number of hydrogen-bond acceptors (Lipinski definition) is 6. The lowest BCUT2D eigenvalue weighted by molar-refractivity contribution is -0.139. The van der Waals surface area contributed by atoms with Crippen LogP contribution in [0.15, 0.2) is 108 Å². The van der Waals surface area contributed by atoms with E-state index in [1.165, 1.54) is 74.7 Å². The minimum atomic E-state index is -4.28. The molecule has 230 valence electrons. The van der Waals surface area contributed by atoms with Crippen molar-refractivity contribution in [1.29, 1.82) is 0 Å². The molecule has 4 rings (SSSR count). The number of methoxy groups -OCH3 is 2. The molecule has 1 atom stereocenters. The molecule has 0 saturated carbocycles. The molecule has 0 saturated heterocycles. The molecule has 2 amide bonds. The van der Waals surface area contributed by atoms with Crippen molar-refractivity contribution >= 4 is 27.5 Å². The first-order valence-corrected chi connectivity index (χ1v) is 15.2. The van der Waals surface area contributed by atoms with Crippen LogP contribution in [-0.4, -0.2) is 59.0 Å². The van der Waals surface area contributed by atoms with Gasteiger partial charge < -0.3 is 19.7 Å². The molecule has 11 heteroatoms. The lowest BCUT2D eigenvalue weighted by Gasteiger charge is -2.33. The van der Waals surface area contributed by atoms with Gasteiger partial charge >= 0.3 is 0 Å². The zero-order chi connectivity index (χ0) is 31.7. The zero-order valence-corrected chi connectivity index (χ0v) is 25.5. The Labute approximate surface area is 256 Å². The quantitative estimate of drug-likeness (QED) is 0.238. The molecule has 0 fully saturated rings. The minimum absolute atomic E-state index is 0.0280. The SMILES string of the molecule is CNC(=O)C(Cc1ccccc1)N(Cc1ccc(F)cc1)C(=O)CN(c1ccc(OC)c(OC)c1)S(=O)(=O)c1ccccc1. The van der Waals surface area contributed by atoms with Crippen LogP contribution in [0.1, 0.15) is 11.1 Å². The van der Waals surface area contributed by atoms with Gasteiger partial charge in [-0.25, -0.2) is 12.8 Å². The molecule has 4 aromatic carbocycles. The Morgan fingerprint density at radius 1 is 0.818 bits per heavy atom. The van der Waals surface area contributed by atoms with Crippen molar-refractivity contribution in [2.45, 2.75) is 23.9 Å². The lowest BCUT2D eigenvalue weighted by atomic mass is 10.0. The molecule has 1 unspecified atom stereocenters. The molecule has 0 aromatic heterocycles. The van der Waals surface area contributed by atoms with Crippen LogP contribution in [0.3, 0.4) is 0 Å². The summed E-state index contributed by atoms with van der Waals surface area (Å²) < 4.78 is 53.6. The molecule has 0 aliphatic rings. The van der Waals surface area contributed by atoms with Crippen LogP contribution in [0.2, 0.25) is 0 Å². The summed E-state index contributed by atoms with van der Waals surface area (Å²) in [5.41, 5.74) is 1.51. The number of hydrogen-bond donors (Lipinski definition) is 1. The van der Waals surface area contributed by atoms with Crippen molar-refractivity contribution in [3.05, 3.63) is 120 Å². The van der Waals surface area contributed by atoms with Crippen LogP contribution in [0.4, 0.5) is 10.1 Å². The Hall–Kier alpha value is -4.90. The molecule has 0 aliphatic carbocycles. The number of ether oxygens (including phenoxy) is 2. The molecule has 4 aromatic rings. The Kier molecular flexibility index (Phi) is 10.6. The average Bonchev–Trinajstić information content (AvgIpc) is 3.06. The van der Waals surface area contributed by atoms with E-state index in [4.69, 9.17) is 9.47 Å². The summed E-state index contributed by atoms with van der Waals surface area (Å²) in [4.78, 5) is 28.9. The third-order valence-corrected chi connectivity index (χ3v) is 8.84. The third kappa shape index (κ3) is 7.54. The molecule has 9 nitrogen and oxygen atoms in total. The first-order chi connectivity index (χ1) is 21.2. The first-order valence-electron chi connectivity index (χ1n) is 13.8. The van der Waals surface area contributed by atoms with Crippen LogP contribution in [-0.2, 0) is 32.6 Å². The van der Waals surface area contributed by atoms with Gasteiger partial charge in [0.15, 0.2) is 11.5 Å². The van der Waals surface area contributed by atoms with Crippen molar-refractivity contribution in [2.75, 3.05) is 32.1 Å². The number of carbonyl (C=O) groups excluding carboxylic acids is 2. The standard InChI is InChI=1S/C33H34FN3O6S/c1-35-33(39)29(20-24-10-6-4-7-11-24)36(22-25-14-16-26(34)17-15-25)32(38)23-37(44(40,41)28-12-8-5-9-13-28)27-18-19-30(42-2)31(21-27)43-3/h4-19,21,29H,20,22-23H2,1-3H3,(H,35,39). The molecular formula is C33H34FN3O6S. The normalized spacial score (nSPS) is 11.7. The van der Waals surface area contributed by atoms with Gasteiger partial charge in [-0.3, -0.25) is 13.9 Å². The largest absolute Gasteiger partial charge is 0.493 e. The van der Waals surface area contributed by atoms with Crippen molar-refractivity contribution < 1.29 is 31.9 Å². The number of likely N-dealkylation sites (N-methyl/N-ethyl adjacent to an activating group) is 1. The van der Waals surface area contributed by atoms with E-state index in [1.54, 1.807) is 24.3 Å². The van der Waals surface area contributed by atoms with Crippen LogP contribution < -0.4 is 19.1 Å². The van der Waals surface area contributed by atoms with Gasteiger partial charge in [0.2, 0.25) is 11.8 Å². The molecule has 1 N–H and O–H groups in total. The van der Waals surface area contributed by atoms with Gasteiger partial charge in [-0.05, 0) is 47.5 Å². The van der Waals surface area contributed by atoms with Gasteiger partial charge in [-0.1, -0.05) is 60.7 Å². The van der Waals surface area contributed by atoms with Gasteiger partial charge in [0, 0.05) is 26.1 Å². The summed E-state index contributed by atoms with van der Waals surface area (Å²) in [6, 6.07) is 26.0. The first kappa shape index (κ1) is 32.0. The van der Waals surface area contributed by atoms with Gasteiger partial charge in [-0.2, -0.15) is 0 Å². The van der Waals surface area contributed by atoms with Gasteiger partial charge in [0.25, 0.3) is 10.0 Å². The number of sulfonamides is 1. The summed E-state index contributed by atoms with van der Waals surface area (Å²) in [7, 11) is 0.0704. The smallest absolute Gasteiger partial charge is 0.264 e. The summed E-state index contributed by atoms with van der Waals surface area (Å²) in [6.45, 7) is -0.717. The van der Waals surface area contributed by atoms with Crippen molar-refractivity contribution in [2.24, 2.45) is 0 Å². The Balaban J connectivity index is 1.81. The summed E-state index contributed by atoms with van der Waals surface area (Å²) in [5.74, 6) is -0.894. The molecule has 0 heterocycles. The van der Waals surface area contributed by atoms with E-state index in [0.29, 0.717) is 11.3 Å². The fourth-order valence-corrected chi connectivity index (χ4v) is 6.16. The van der Waals surface area contributed by atoms with E-state index in [-0.39, 0.29) is 29.3 Å². The number of rotatable bonds is 13. The highest BCUT2D eigenvalue weighted by Crippen LogP contribution is 2.34. The molecule has 0 spiro atoms. The van der Waals surface area contributed by atoms with Crippen LogP contribution in [0, 0.1) is 5.82 Å².